The van der Waals surface area contributed by atoms with Crippen LogP contribution in [0.1, 0.15) is 36.0 Å². The third kappa shape index (κ3) is 2.90. The summed E-state index contributed by atoms with van der Waals surface area (Å²) in [6.45, 7) is 0. The third-order valence-electron chi connectivity index (χ3n) is 2.93. The van der Waals surface area contributed by atoms with Crippen molar-refractivity contribution < 1.29 is 14.3 Å². The fourth-order valence-electron chi connectivity index (χ4n) is 1.98. The topological polar surface area (TPSA) is 56.3 Å². The van der Waals surface area contributed by atoms with Crippen LogP contribution in [0.5, 0.6) is 0 Å². The van der Waals surface area contributed by atoms with Crippen LogP contribution in [-0.4, -0.2) is 29.1 Å². The molecule has 1 atom stereocenters. The average Bonchev–Trinajstić information content (AvgIpc) is 2.41. The SMILES string of the molecule is CSc1ncccc1C(=O)O[C@@H]1CCCCC1=O. The quantitative estimate of drug-likeness (QED) is 0.620. The van der Waals surface area contributed by atoms with Gasteiger partial charge in [0.25, 0.3) is 0 Å². The molecule has 1 heterocycles. The first kappa shape index (κ1) is 13.1. The zero-order valence-electron chi connectivity index (χ0n) is 10.2. The summed E-state index contributed by atoms with van der Waals surface area (Å²) in [5, 5.41) is 0.630. The summed E-state index contributed by atoms with van der Waals surface area (Å²) in [4.78, 5) is 27.7. The van der Waals surface area contributed by atoms with E-state index in [-0.39, 0.29) is 5.78 Å². The Balaban J connectivity index is 2.09. The predicted molar refractivity (Wildman–Crippen MR) is 68.7 cm³/mol. The zero-order valence-corrected chi connectivity index (χ0v) is 11.0. The molecule has 5 heteroatoms. The summed E-state index contributed by atoms with van der Waals surface area (Å²) in [5.41, 5.74) is 0.434. The van der Waals surface area contributed by atoms with Crippen LogP contribution in [-0.2, 0) is 9.53 Å². The van der Waals surface area contributed by atoms with Gasteiger partial charge in [-0.05, 0) is 37.7 Å². The van der Waals surface area contributed by atoms with Crippen molar-refractivity contribution in [3.05, 3.63) is 23.9 Å². The highest BCUT2D eigenvalue weighted by atomic mass is 32.2. The standard InChI is InChI=1S/C13H15NO3S/c1-18-12-9(5-4-8-14-12)13(16)17-11-7-3-2-6-10(11)15/h4-5,8,11H,2-3,6-7H2,1H3/t11-/m1/s1. The van der Waals surface area contributed by atoms with Crippen LogP contribution in [0.25, 0.3) is 0 Å². The van der Waals surface area contributed by atoms with Crippen molar-refractivity contribution in [2.45, 2.75) is 36.8 Å². The Morgan fingerprint density at radius 1 is 1.50 bits per heavy atom. The van der Waals surface area contributed by atoms with Gasteiger partial charge in [-0.1, -0.05) is 0 Å². The molecule has 4 nitrogen and oxygen atoms in total. The fraction of sp³-hybridized carbons (Fsp3) is 0.462. The molecule has 0 aliphatic heterocycles. The normalized spacial score (nSPS) is 19.6. The molecule has 1 saturated carbocycles. The van der Waals surface area contributed by atoms with E-state index in [1.807, 2.05) is 6.26 Å². The van der Waals surface area contributed by atoms with E-state index in [2.05, 4.69) is 4.98 Å². The number of pyridine rings is 1. The number of ketones is 1. The van der Waals surface area contributed by atoms with Gasteiger partial charge in [0.1, 0.15) is 5.03 Å². The highest BCUT2D eigenvalue weighted by Crippen LogP contribution is 2.22. The molecule has 2 rings (SSSR count). The van der Waals surface area contributed by atoms with Crippen LogP contribution in [0.15, 0.2) is 23.4 Å². The number of thioether (sulfide) groups is 1. The Morgan fingerprint density at radius 2 is 2.33 bits per heavy atom. The number of esters is 1. The second-order valence-corrected chi connectivity index (χ2v) is 4.96. The Kier molecular flexibility index (Phi) is 4.36. The van der Waals surface area contributed by atoms with Crippen molar-refractivity contribution >= 4 is 23.5 Å². The highest BCUT2D eigenvalue weighted by Gasteiger charge is 2.27. The largest absolute Gasteiger partial charge is 0.451 e. The van der Waals surface area contributed by atoms with Gasteiger partial charge in [-0.3, -0.25) is 4.79 Å². The predicted octanol–water partition coefficient (Wildman–Crippen LogP) is 2.47. The van der Waals surface area contributed by atoms with Gasteiger partial charge >= 0.3 is 5.97 Å². The van der Waals surface area contributed by atoms with Crippen molar-refractivity contribution in [1.29, 1.82) is 0 Å². The maximum atomic E-state index is 12.0. The van der Waals surface area contributed by atoms with E-state index in [9.17, 15) is 9.59 Å². The van der Waals surface area contributed by atoms with Gasteiger partial charge in [0, 0.05) is 12.6 Å². The molecule has 1 aliphatic rings. The molecule has 0 radical (unpaired) electrons. The van der Waals surface area contributed by atoms with Gasteiger partial charge in [-0.25, -0.2) is 9.78 Å². The van der Waals surface area contributed by atoms with Crippen molar-refractivity contribution in [3.8, 4) is 0 Å². The Bertz CT molecular complexity index is 461. The number of carbonyl (C=O) groups excluding carboxylic acids is 2. The summed E-state index contributed by atoms with van der Waals surface area (Å²) in [6, 6.07) is 3.37. The minimum Gasteiger partial charge on any atom is -0.451 e. The van der Waals surface area contributed by atoms with Gasteiger partial charge in [0.15, 0.2) is 11.9 Å². The molecule has 1 aromatic heterocycles. The van der Waals surface area contributed by atoms with E-state index in [0.717, 1.165) is 12.8 Å². The van der Waals surface area contributed by atoms with Crippen molar-refractivity contribution in [2.75, 3.05) is 6.26 Å². The van der Waals surface area contributed by atoms with E-state index in [4.69, 9.17) is 4.74 Å². The lowest BCUT2D eigenvalue weighted by Crippen LogP contribution is -2.30. The van der Waals surface area contributed by atoms with Gasteiger partial charge in [0.05, 0.1) is 5.56 Å². The van der Waals surface area contributed by atoms with Gasteiger partial charge in [-0.15, -0.1) is 11.8 Å². The molecule has 0 saturated heterocycles. The number of hydrogen-bond acceptors (Lipinski definition) is 5. The van der Waals surface area contributed by atoms with Crippen LogP contribution in [0.3, 0.4) is 0 Å². The first-order valence-corrected chi connectivity index (χ1v) is 7.17. The Hall–Kier alpha value is -1.36. The average molecular weight is 265 g/mol. The van der Waals surface area contributed by atoms with Gasteiger partial charge in [-0.2, -0.15) is 0 Å². The number of ether oxygens (including phenoxy) is 1. The molecule has 96 valence electrons. The number of Topliss-reactive ketones (excluding diaryl/α,β-unsaturated/α-hetero) is 1. The molecular formula is C13H15NO3S. The van der Waals surface area contributed by atoms with Crippen molar-refractivity contribution in [2.24, 2.45) is 0 Å². The van der Waals surface area contributed by atoms with E-state index >= 15 is 0 Å². The van der Waals surface area contributed by atoms with Gasteiger partial charge in [0.2, 0.25) is 0 Å². The monoisotopic (exact) mass is 265 g/mol. The van der Waals surface area contributed by atoms with Crippen molar-refractivity contribution in [3.63, 3.8) is 0 Å². The molecule has 0 unspecified atom stereocenters. The number of hydrogen-bond donors (Lipinski definition) is 0. The minimum atomic E-state index is -0.568. The molecule has 18 heavy (non-hydrogen) atoms. The zero-order chi connectivity index (χ0) is 13.0. The smallest absolute Gasteiger partial charge is 0.341 e. The summed E-state index contributed by atoms with van der Waals surface area (Å²) < 4.78 is 5.29. The van der Waals surface area contributed by atoms with Crippen LogP contribution < -0.4 is 0 Å². The third-order valence-corrected chi connectivity index (χ3v) is 3.64. The summed E-state index contributed by atoms with van der Waals surface area (Å²) in [7, 11) is 0. The lowest BCUT2D eigenvalue weighted by atomic mass is 9.96. The molecule has 0 N–H and O–H groups in total. The first-order valence-electron chi connectivity index (χ1n) is 5.95. The molecule has 0 spiro atoms. The number of aromatic nitrogens is 1. The lowest BCUT2D eigenvalue weighted by Gasteiger charge is -2.20. The molecule has 0 bridgehead atoms. The van der Waals surface area contributed by atoms with Crippen LogP contribution in [0.2, 0.25) is 0 Å². The maximum Gasteiger partial charge on any atom is 0.341 e. The van der Waals surface area contributed by atoms with E-state index in [1.165, 1.54) is 11.8 Å². The summed E-state index contributed by atoms with van der Waals surface area (Å²) in [5.74, 6) is -0.420. The highest BCUT2D eigenvalue weighted by molar-refractivity contribution is 7.98. The maximum absolute atomic E-state index is 12.0. The van der Waals surface area contributed by atoms with Crippen LogP contribution >= 0.6 is 11.8 Å². The summed E-state index contributed by atoms with van der Waals surface area (Å²) in [6.07, 6.45) is 5.90. The number of carbonyl (C=O) groups is 2. The molecule has 0 amide bonds. The Labute approximate surface area is 110 Å². The first-order chi connectivity index (χ1) is 8.72. The number of nitrogens with zero attached hydrogens (tertiary/aromatic N) is 1. The molecule has 1 aliphatic carbocycles. The van der Waals surface area contributed by atoms with Crippen molar-refractivity contribution in [1.82, 2.24) is 4.98 Å². The second kappa shape index (κ2) is 6.00. The fourth-order valence-corrected chi connectivity index (χ4v) is 2.51. The van der Waals surface area contributed by atoms with E-state index in [0.29, 0.717) is 23.4 Å². The van der Waals surface area contributed by atoms with E-state index in [1.54, 1.807) is 18.3 Å². The van der Waals surface area contributed by atoms with Crippen LogP contribution in [0.4, 0.5) is 0 Å². The lowest BCUT2D eigenvalue weighted by molar-refractivity contribution is -0.129. The van der Waals surface area contributed by atoms with Crippen LogP contribution in [0, 0.1) is 0 Å². The molecular weight excluding hydrogens is 250 g/mol. The molecule has 0 aromatic carbocycles. The molecule has 1 fully saturated rings. The molecule has 1 aromatic rings. The van der Waals surface area contributed by atoms with E-state index < -0.39 is 12.1 Å². The second-order valence-electron chi connectivity index (χ2n) is 4.17. The number of rotatable bonds is 3. The minimum absolute atomic E-state index is 0.0317. The van der Waals surface area contributed by atoms with Gasteiger partial charge < -0.3 is 4.74 Å². The summed E-state index contributed by atoms with van der Waals surface area (Å²) >= 11 is 1.39. The Morgan fingerprint density at radius 3 is 3.06 bits per heavy atom.